The van der Waals surface area contributed by atoms with E-state index < -0.39 is 0 Å². The van der Waals surface area contributed by atoms with Gasteiger partial charge in [0.25, 0.3) is 5.91 Å². The maximum absolute atomic E-state index is 13.5. The Bertz CT molecular complexity index is 1120. The summed E-state index contributed by atoms with van der Waals surface area (Å²) in [5, 5.41) is 0.688. The summed E-state index contributed by atoms with van der Waals surface area (Å²) in [6, 6.07) is 13.4. The minimum absolute atomic E-state index is 0.0493. The Morgan fingerprint density at radius 2 is 1.86 bits per heavy atom. The highest BCUT2D eigenvalue weighted by Crippen LogP contribution is 2.41. The number of nitrogens with zero attached hydrogens (tertiary/aromatic N) is 3. The number of morpholine rings is 1. The van der Waals surface area contributed by atoms with E-state index in [1.54, 1.807) is 4.90 Å². The molecule has 3 aliphatic rings. The third-order valence-electron chi connectivity index (χ3n) is 5.92. The van der Waals surface area contributed by atoms with Crippen LogP contribution in [0.1, 0.15) is 18.9 Å². The lowest BCUT2D eigenvalue weighted by Crippen LogP contribution is -2.38. The normalized spacial score (nSPS) is 20.3. The number of benzene rings is 2. The van der Waals surface area contributed by atoms with Crippen LogP contribution in [0.3, 0.4) is 0 Å². The van der Waals surface area contributed by atoms with Crippen LogP contribution in [0.4, 0.5) is 5.69 Å². The molecule has 0 aliphatic carbocycles. The first-order valence-electron chi connectivity index (χ1n) is 11.9. The summed E-state index contributed by atoms with van der Waals surface area (Å²) >= 11 is 1.39. The molecule has 2 fully saturated rings. The van der Waals surface area contributed by atoms with E-state index in [-0.39, 0.29) is 12.7 Å². The van der Waals surface area contributed by atoms with Crippen molar-refractivity contribution in [1.82, 2.24) is 9.80 Å². The van der Waals surface area contributed by atoms with Crippen LogP contribution in [-0.2, 0) is 9.53 Å². The molecule has 2 saturated heterocycles. The number of aliphatic imine (C=N–C) groups is 1. The Labute approximate surface area is 209 Å². The van der Waals surface area contributed by atoms with E-state index in [0.29, 0.717) is 40.5 Å². The smallest absolute Gasteiger partial charge is 0.266 e. The SMILES string of the molecule is CCOc1cc2c(cc1C=C1SC(=Nc3ccccc3)N(CCCN3CCOCC3)C1=O)OCO2. The Morgan fingerprint density at radius 3 is 2.63 bits per heavy atom. The first-order valence-corrected chi connectivity index (χ1v) is 12.7. The molecule has 8 nitrogen and oxygen atoms in total. The van der Waals surface area contributed by atoms with E-state index in [4.69, 9.17) is 23.9 Å². The molecule has 0 unspecified atom stereocenters. The number of para-hydroxylation sites is 1. The third kappa shape index (κ3) is 5.63. The lowest BCUT2D eigenvalue weighted by Gasteiger charge is -2.27. The predicted octanol–water partition coefficient (Wildman–Crippen LogP) is 4.14. The molecule has 1 amide bonds. The quantitative estimate of drug-likeness (QED) is 0.510. The lowest BCUT2D eigenvalue weighted by atomic mass is 10.1. The van der Waals surface area contributed by atoms with Crippen LogP contribution in [0, 0.1) is 0 Å². The van der Waals surface area contributed by atoms with E-state index >= 15 is 0 Å². The molecule has 0 spiro atoms. The predicted molar refractivity (Wildman–Crippen MR) is 136 cm³/mol. The van der Waals surface area contributed by atoms with Crippen molar-refractivity contribution in [3.05, 3.63) is 52.9 Å². The number of fused-ring (bicyclic) bond motifs is 1. The van der Waals surface area contributed by atoms with Crippen molar-refractivity contribution in [2.45, 2.75) is 13.3 Å². The number of amides is 1. The van der Waals surface area contributed by atoms with Crippen molar-refractivity contribution in [3.63, 3.8) is 0 Å². The van der Waals surface area contributed by atoms with Gasteiger partial charge < -0.3 is 18.9 Å². The van der Waals surface area contributed by atoms with Crippen molar-refractivity contribution >= 4 is 34.6 Å². The molecule has 0 atom stereocenters. The number of thioether (sulfide) groups is 1. The van der Waals surface area contributed by atoms with Crippen molar-refractivity contribution in [3.8, 4) is 17.2 Å². The minimum Gasteiger partial charge on any atom is -0.493 e. The average molecular weight is 496 g/mol. The van der Waals surface area contributed by atoms with Crippen LogP contribution in [0.25, 0.3) is 6.08 Å². The van der Waals surface area contributed by atoms with Gasteiger partial charge >= 0.3 is 0 Å². The number of carbonyl (C=O) groups excluding carboxylic acids is 1. The molecule has 0 bridgehead atoms. The highest BCUT2D eigenvalue weighted by Gasteiger charge is 2.33. The molecular formula is C26H29N3O5S. The van der Waals surface area contributed by atoms with Gasteiger partial charge in [-0.1, -0.05) is 18.2 Å². The molecule has 35 heavy (non-hydrogen) atoms. The second-order valence-electron chi connectivity index (χ2n) is 8.28. The summed E-state index contributed by atoms with van der Waals surface area (Å²) in [6.45, 7) is 7.54. The summed E-state index contributed by atoms with van der Waals surface area (Å²) in [4.78, 5) is 23.1. The van der Waals surface area contributed by atoms with Gasteiger partial charge in [-0.15, -0.1) is 0 Å². The monoisotopic (exact) mass is 495 g/mol. The number of hydrogen-bond acceptors (Lipinski definition) is 8. The number of amidine groups is 1. The minimum atomic E-state index is -0.0493. The maximum atomic E-state index is 13.5. The molecule has 184 valence electrons. The number of ether oxygens (including phenoxy) is 4. The fraction of sp³-hybridized carbons (Fsp3) is 0.385. The van der Waals surface area contributed by atoms with Gasteiger partial charge in [-0.3, -0.25) is 14.6 Å². The molecule has 0 aromatic heterocycles. The van der Waals surface area contributed by atoms with Gasteiger partial charge in [-0.05, 0) is 49.4 Å². The highest BCUT2D eigenvalue weighted by atomic mass is 32.2. The van der Waals surface area contributed by atoms with Crippen LogP contribution in [0.15, 0.2) is 52.4 Å². The zero-order valence-electron chi connectivity index (χ0n) is 19.8. The fourth-order valence-corrected chi connectivity index (χ4v) is 5.17. The summed E-state index contributed by atoms with van der Waals surface area (Å²) < 4.78 is 22.3. The zero-order valence-corrected chi connectivity index (χ0v) is 20.6. The Balaban J connectivity index is 1.40. The van der Waals surface area contributed by atoms with E-state index in [2.05, 4.69) is 4.90 Å². The Hall–Kier alpha value is -3.01. The molecular weight excluding hydrogens is 466 g/mol. The van der Waals surface area contributed by atoms with Crippen LogP contribution >= 0.6 is 11.8 Å². The van der Waals surface area contributed by atoms with Gasteiger partial charge in [0.05, 0.1) is 30.4 Å². The van der Waals surface area contributed by atoms with Gasteiger partial charge in [0, 0.05) is 37.8 Å². The molecule has 9 heteroatoms. The first kappa shape index (κ1) is 23.7. The topological polar surface area (TPSA) is 72.8 Å². The molecule has 3 heterocycles. The highest BCUT2D eigenvalue weighted by molar-refractivity contribution is 8.18. The summed E-state index contributed by atoms with van der Waals surface area (Å²) in [5.74, 6) is 1.91. The number of carbonyl (C=O) groups is 1. The van der Waals surface area contributed by atoms with Crippen LogP contribution in [-0.4, -0.2) is 73.7 Å². The van der Waals surface area contributed by atoms with Gasteiger partial charge in [-0.25, -0.2) is 4.99 Å². The Kier molecular flexibility index (Phi) is 7.56. The summed E-state index contributed by atoms with van der Waals surface area (Å²) in [6.07, 6.45) is 2.73. The van der Waals surface area contributed by atoms with Crippen molar-refractivity contribution in [2.24, 2.45) is 4.99 Å². The van der Waals surface area contributed by atoms with E-state index in [1.807, 2.05) is 55.5 Å². The molecule has 3 aliphatic heterocycles. The third-order valence-corrected chi connectivity index (χ3v) is 6.93. The molecule has 0 N–H and O–H groups in total. The first-order chi connectivity index (χ1) is 17.2. The van der Waals surface area contributed by atoms with Gasteiger partial charge in [0.15, 0.2) is 16.7 Å². The second-order valence-corrected chi connectivity index (χ2v) is 9.29. The van der Waals surface area contributed by atoms with Gasteiger partial charge in [0.2, 0.25) is 6.79 Å². The summed E-state index contributed by atoms with van der Waals surface area (Å²) in [5.41, 5.74) is 1.60. The lowest BCUT2D eigenvalue weighted by molar-refractivity contribution is -0.122. The summed E-state index contributed by atoms with van der Waals surface area (Å²) in [7, 11) is 0. The zero-order chi connectivity index (χ0) is 24.0. The van der Waals surface area contributed by atoms with Crippen LogP contribution in [0.5, 0.6) is 17.2 Å². The van der Waals surface area contributed by atoms with Crippen molar-refractivity contribution < 1.29 is 23.7 Å². The largest absolute Gasteiger partial charge is 0.493 e. The Morgan fingerprint density at radius 1 is 1.09 bits per heavy atom. The van der Waals surface area contributed by atoms with Crippen LogP contribution in [0.2, 0.25) is 0 Å². The van der Waals surface area contributed by atoms with Gasteiger partial charge in [-0.2, -0.15) is 0 Å². The second kappa shape index (κ2) is 11.2. The van der Waals surface area contributed by atoms with Gasteiger partial charge in [0.1, 0.15) is 5.75 Å². The average Bonchev–Trinajstić information content (AvgIpc) is 3.45. The van der Waals surface area contributed by atoms with Crippen molar-refractivity contribution in [1.29, 1.82) is 0 Å². The van der Waals surface area contributed by atoms with E-state index in [9.17, 15) is 4.79 Å². The van der Waals surface area contributed by atoms with Crippen molar-refractivity contribution in [2.75, 3.05) is 52.8 Å². The molecule has 0 saturated carbocycles. The molecule has 2 aromatic carbocycles. The molecule has 2 aromatic rings. The van der Waals surface area contributed by atoms with Crippen LogP contribution < -0.4 is 14.2 Å². The maximum Gasteiger partial charge on any atom is 0.266 e. The van der Waals surface area contributed by atoms with E-state index in [0.717, 1.165) is 50.5 Å². The fourth-order valence-electron chi connectivity index (χ4n) is 4.15. The number of hydrogen-bond donors (Lipinski definition) is 0. The standard InChI is InChI=1S/C26H29N3O5S/c1-2-32-21-17-23-22(33-18-34-23)15-19(21)16-24-25(30)29(10-6-9-28-11-13-31-14-12-28)26(35-24)27-20-7-4-3-5-8-20/h3-5,7-8,15-17H,2,6,9-14,18H2,1H3. The van der Waals surface area contributed by atoms with E-state index in [1.165, 1.54) is 11.8 Å². The molecule has 0 radical (unpaired) electrons. The number of rotatable bonds is 8. The molecule has 5 rings (SSSR count).